The predicted molar refractivity (Wildman–Crippen MR) is 141 cm³/mol. The lowest BCUT2D eigenvalue weighted by Gasteiger charge is -2.09. The molecule has 35 heavy (non-hydrogen) atoms. The molecule has 3 amide bonds. The summed E-state index contributed by atoms with van der Waals surface area (Å²) in [4.78, 5) is 30.6. The Labute approximate surface area is 209 Å². The van der Waals surface area contributed by atoms with E-state index in [1.54, 1.807) is 18.8 Å². The van der Waals surface area contributed by atoms with Gasteiger partial charge in [-0.25, -0.2) is 4.79 Å². The first-order valence-corrected chi connectivity index (χ1v) is 12.2. The molecule has 0 saturated heterocycles. The van der Waals surface area contributed by atoms with Gasteiger partial charge in [-0.15, -0.1) is 0 Å². The normalized spacial score (nSPS) is 11.5. The fraction of sp³-hybridized carbons (Fsp3) is 0.179. The largest absolute Gasteiger partial charge is 0.355 e. The number of anilines is 1. The van der Waals surface area contributed by atoms with Gasteiger partial charge in [0.25, 0.3) is 5.91 Å². The maximum Gasteiger partial charge on any atom is 0.319 e. The Morgan fingerprint density at radius 1 is 1.03 bits per heavy atom. The first-order chi connectivity index (χ1) is 17.1. The Balaban J connectivity index is 1.47. The average Bonchev–Trinajstić information content (AvgIpc) is 3.28. The highest BCUT2D eigenvalue weighted by Gasteiger charge is 2.16. The molecule has 0 aromatic heterocycles. The third-order valence-corrected chi connectivity index (χ3v) is 6.37. The van der Waals surface area contributed by atoms with Gasteiger partial charge >= 0.3 is 6.03 Å². The van der Waals surface area contributed by atoms with Gasteiger partial charge < -0.3 is 16.0 Å². The molecule has 0 saturated carbocycles. The quantitative estimate of drug-likeness (QED) is 0.429. The fourth-order valence-corrected chi connectivity index (χ4v) is 4.58. The molecular formula is C28H26N4O2S. The number of hydrogen-bond acceptors (Lipinski definition) is 4. The van der Waals surface area contributed by atoms with Gasteiger partial charge in [0, 0.05) is 40.2 Å². The molecule has 3 aromatic rings. The van der Waals surface area contributed by atoms with Crippen LogP contribution >= 0.6 is 11.8 Å². The summed E-state index contributed by atoms with van der Waals surface area (Å²) in [7, 11) is 1.64. The zero-order valence-corrected chi connectivity index (χ0v) is 20.5. The molecule has 0 spiro atoms. The first-order valence-electron chi connectivity index (χ1n) is 11.4. The van der Waals surface area contributed by atoms with E-state index in [1.165, 1.54) is 0 Å². The molecule has 0 aliphatic carbocycles. The van der Waals surface area contributed by atoms with Crippen molar-refractivity contribution >= 4 is 35.1 Å². The second kappa shape index (κ2) is 11.4. The highest BCUT2D eigenvalue weighted by Crippen LogP contribution is 2.33. The molecule has 1 aliphatic rings. The van der Waals surface area contributed by atoms with Gasteiger partial charge in [0.15, 0.2) is 0 Å². The number of fused-ring (bicyclic) bond motifs is 1. The van der Waals surface area contributed by atoms with Crippen molar-refractivity contribution in [2.24, 2.45) is 4.99 Å². The smallest absolute Gasteiger partial charge is 0.319 e. The highest BCUT2D eigenvalue weighted by atomic mass is 32.2. The minimum Gasteiger partial charge on any atom is -0.355 e. The molecule has 7 heteroatoms. The van der Waals surface area contributed by atoms with Crippen LogP contribution in [-0.2, 0) is 6.54 Å². The number of hydrogen-bond donors (Lipinski definition) is 3. The predicted octanol–water partition coefficient (Wildman–Crippen LogP) is 5.08. The van der Waals surface area contributed by atoms with E-state index in [0.29, 0.717) is 24.3 Å². The van der Waals surface area contributed by atoms with Crippen LogP contribution in [0.25, 0.3) is 0 Å². The zero-order valence-electron chi connectivity index (χ0n) is 19.6. The lowest BCUT2D eigenvalue weighted by atomic mass is 10.1. The van der Waals surface area contributed by atoms with E-state index in [1.807, 2.05) is 67.6 Å². The van der Waals surface area contributed by atoms with E-state index < -0.39 is 0 Å². The number of carbonyl (C=O) groups is 2. The van der Waals surface area contributed by atoms with Gasteiger partial charge in [-0.05, 0) is 60.4 Å². The van der Waals surface area contributed by atoms with Gasteiger partial charge in [-0.1, -0.05) is 48.9 Å². The average molecular weight is 483 g/mol. The van der Waals surface area contributed by atoms with Crippen molar-refractivity contribution in [1.29, 1.82) is 0 Å². The monoisotopic (exact) mass is 482 g/mol. The number of aliphatic imine (C=N–C) groups is 1. The molecular weight excluding hydrogens is 456 g/mol. The molecule has 4 rings (SSSR count). The van der Waals surface area contributed by atoms with Gasteiger partial charge in [0.1, 0.15) is 5.71 Å². The maximum atomic E-state index is 12.2. The second-order valence-corrected chi connectivity index (χ2v) is 8.99. The third kappa shape index (κ3) is 6.11. The van der Waals surface area contributed by atoms with E-state index in [0.717, 1.165) is 38.6 Å². The molecule has 1 aliphatic heterocycles. The van der Waals surface area contributed by atoms with Crippen LogP contribution in [0.1, 0.15) is 40.4 Å². The van der Waals surface area contributed by atoms with Crippen molar-refractivity contribution in [3.05, 3.63) is 89.0 Å². The number of carbonyl (C=O) groups excluding carboxylic acids is 2. The van der Waals surface area contributed by atoms with Crippen LogP contribution in [0.15, 0.2) is 81.5 Å². The molecule has 3 aromatic carbocycles. The summed E-state index contributed by atoms with van der Waals surface area (Å²) in [6, 6.07) is 21.0. The van der Waals surface area contributed by atoms with E-state index >= 15 is 0 Å². The molecule has 0 fully saturated rings. The molecule has 1 heterocycles. The van der Waals surface area contributed by atoms with Crippen LogP contribution in [0.5, 0.6) is 0 Å². The SMILES string of the molecule is CCCNC(=O)Nc1cccc(C#CC2=NCc3cc(Sc4ccccc4C(=O)NC)ccc32)c1. The lowest BCUT2D eigenvalue weighted by Crippen LogP contribution is -2.29. The van der Waals surface area contributed by atoms with Gasteiger partial charge in [-0.3, -0.25) is 9.79 Å². The molecule has 3 N–H and O–H groups in total. The Morgan fingerprint density at radius 2 is 1.89 bits per heavy atom. The van der Waals surface area contributed by atoms with Crippen molar-refractivity contribution in [3.63, 3.8) is 0 Å². The highest BCUT2D eigenvalue weighted by molar-refractivity contribution is 7.99. The maximum absolute atomic E-state index is 12.2. The van der Waals surface area contributed by atoms with Crippen molar-refractivity contribution in [2.45, 2.75) is 29.7 Å². The molecule has 0 unspecified atom stereocenters. The van der Waals surface area contributed by atoms with Gasteiger partial charge in [0.05, 0.1) is 12.1 Å². The second-order valence-electron chi connectivity index (χ2n) is 7.87. The number of urea groups is 1. The minimum atomic E-state index is -0.224. The van der Waals surface area contributed by atoms with Crippen LogP contribution in [0.3, 0.4) is 0 Å². The number of nitrogens with one attached hydrogen (secondary N) is 3. The van der Waals surface area contributed by atoms with Crippen molar-refractivity contribution in [3.8, 4) is 11.8 Å². The van der Waals surface area contributed by atoms with Crippen molar-refractivity contribution < 1.29 is 9.59 Å². The number of rotatable bonds is 6. The van der Waals surface area contributed by atoms with Crippen LogP contribution < -0.4 is 16.0 Å². The van der Waals surface area contributed by atoms with Crippen molar-refractivity contribution in [2.75, 3.05) is 18.9 Å². The molecule has 176 valence electrons. The third-order valence-electron chi connectivity index (χ3n) is 5.31. The summed E-state index contributed by atoms with van der Waals surface area (Å²) < 4.78 is 0. The summed E-state index contributed by atoms with van der Waals surface area (Å²) in [5.41, 5.74) is 5.03. The van der Waals surface area contributed by atoms with Gasteiger partial charge in [0.2, 0.25) is 0 Å². The molecule has 0 bridgehead atoms. The summed E-state index contributed by atoms with van der Waals surface area (Å²) in [6.45, 7) is 3.21. The van der Waals surface area contributed by atoms with Crippen LogP contribution in [0, 0.1) is 11.8 Å². The van der Waals surface area contributed by atoms with Gasteiger partial charge in [-0.2, -0.15) is 0 Å². The Kier molecular flexibility index (Phi) is 7.86. The minimum absolute atomic E-state index is 0.101. The van der Waals surface area contributed by atoms with Crippen molar-refractivity contribution in [1.82, 2.24) is 10.6 Å². The number of amides is 3. The summed E-state index contributed by atoms with van der Waals surface area (Å²) >= 11 is 1.56. The molecule has 0 atom stereocenters. The lowest BCUT2D eigenvalue weighted by molar-refractivity contribution is 0.0960. The van der Waals surface area contributed by atoms with Crippen LogP contribution in [0.2, 0.25) is 0 Å². The first kappa shape index (κ1) is 24.1. The molecule has 6 nitrogen and oxygen atoms in total. The standard InChI is InChI=1S/C28H26N4O2S/c1-3-15-30-28(34)32-21-8-6-7-19(16-21)11-14-25-23-13-12-22(17-20(23)18-31-25)35-26-10-5-4-9-24(26)27(33)29-2/h4-10,12-13,16-17H,3,15,18H2,1-2H3,(H,29,33)(H2,30,32,34). The van der Waals surface area contributed by atoms with E-state index in [4.69, 9.17) is 0 Å². The van der Waals surface area contributed by atoms with E-state index in [-0.39, 0.29) is 11.9 Å². The zero-order chi connectivity index (χ0) is 24.6. The Hall–Kier alpha value is -4.02. The van der Waals surface area contributed by atoms with Crippen LogP contribution in [0.4, 0.5) is 10.5 Å². The van der Waals surface area contributed by atoms with Crippen LogP contribution in [-0.4, -0.2) is 31.2 Å². The topological polar surface area (TPSA) is 82.6 Å². The summed E-state index contributed by atoms with van der Waals surface area (Å²) in [5, 5.41) is 8.31. The number of benzene rings is 3. The van der Waals surface area contributed by atoms with E-state index in [9.17, 15) is 9.59 Å². The Bertz CT molecular complexity index is 1350. The number of nitrogens with zero attached hydrogens (tertiary/aromatic N) is 1. The summed E-state index contributed by atoms with van der Waals surface area (Å²) in [5.74, 6) is 6.24. The molecule has 0 radical (unpaired) electrons. The summed E-state index contributed by atoms with van der Waals surface area (Å²) in [6.07, 6.45) is 0.881. The Morgan fingerprint density at radius 3 is 2.71 bits per heavy atom. The van der Waals surface area contributed by atoms with E-state index in [2.05, 4.69) is 38.9 Å². The fourth-order valence-electron chi connectivity index (χ4n) is 3.58.